The van der Waals surface area contributed by atoms with Gasteiger partial charge in [-0.2, -0.15) is 5.10 Å². The normalized spacial score (nSPS) is 14.1. The minimum Gasteiger partial charge on any atom is -0.326 e. The Morgan fingerprint density at radius 1 is 1.44 bits per heavy atom. The molecule has 1 atom stereocenters. The topological polar surface area (TPSA) is 91.6 Å². The fraction of sp³-hybridized carbons (Fsp3) is 0.636. The predicted molar refractivity (Wildman–Crippen MR) is 68.0 cm³/mol. The Balaban J connectivity index is 2.41. The zero-order chi connectivity index (χ0) is 13.5. The molecule has 0 fully saturated rings. The van der Waals surface area contributed by atoms with Crippen LogP contribution in [0.1, 0.15) is 20.8 Å². The van der Waals surface area contributed by atoms with E-state index in [1.54, 1.807) is 7.05 Å². The molecule has 0 spiro atoms. The van der Waals surface area contributed by atoms with Crippen molar-refractivity contribution in [3.63, 3.8) is 0 Å². The zero-order valence-electron chi connectivity index (χ0n) is 11.1. The Labute approximate surface area is 105 Å². The Kier molecular flexibility index (Phi) is 2.94. The second kappa shape index (κ2) is 4.16. The molecule has 0 aliphatic heterocycles. The van der Waals surface area contributed by atoms with Crippen molar-refractivity contribution in [1.29, 1.82) is 0 Å². The number of rotatable bonds is 2. The number of aromatic nitrogens is 5. The lowest BCUT2D eigenvalue weighted by Gasteiger charge is -2.26. The van der Waals surface area contributed by atoms with Crippen LogP contribution in [0, 0.1) is 5.41 Å². The van der Waals surface area contributed by atoms with Crippen molar-refractivity contribution in [3.8, 4) is 0 Å². The van der Waals surface area contributed by atoms with Crippen LogP contribution in [0.25, 0.3) is 11.0 Å². The van der Waals surface area contributed by atoms with E-state index in [1.165, 1.54) is 15.6 Å². The van der Waals surface area contributed by atoms with E-state index in [9.17, 15) is 4.79 Å². The molecular formula is C11H18N6O. The highest BCUT2D eigenvalue weighted by molar-refractivity contribution is 5.72. The number of fused-ring (bicyclic) bond motifs is 1. The summed E-state index contributed by atoms with van der Waals surface area (Å²) in [5.41, 5.74) is 6.25. The highest BCUT2D eigenvalue weighted by Crippen LogP contribution is 2.17. The van der Waals surface area contributed by atoms with E-state index >= 15 is 0 Å². The van der Waals surface area contributed by atoms with Gasteiger partial charge in [0.25, 0.3) is 5.56 Å². The summed E-state index contributed by atoms with van der Waals surface area (Å²) in [6, 6.07) is -0.168. The first-order valence-electron chi connectivity index (χ1n) is 5.82. The van der Waals surface area contributed by atoms with Gasteiger partial charge in [0, 0.05) is 13.1 Å². The van der Waals surface area contributed by atoms with Gasteiger partial charge in [-0.3, -0.25) is 4.79 Å². The number of aryl methyl sites for hydroxylation is 1. The van der Waals surface area contributed by atoms with Crippen LogP contribution in [0.2, 0.25) is 0 Å². The van der Waals surface area contributed by atoms with Gasteiger partial charge in [-0.25, -0.2) is 9.36 Å². The first kappa shape index (κ1) is 12.7. The molecule has 2 rings (SSSR count). The Morgan fingerprint density at radius 3 is 2.72 bits per heavy atom. The average molecular weight is 250 g/mol. The minimum atomic E-state index is -0.201. The molecule has 0 aromatic carbocycles. The summed E-state index contributed by atoms with van der Waals surface area (Å²) in [7, 11) is 1.72. The Hall–Kier alpha value is -1.76. The first-order valence-corrected chi connectivity index (χ1v) is 5.82. The quantitative estimate of drug-likeness (QED) is 0.803. The van der Waals surface area contributed by atoms with Crippen LogP contribution in [0.3, 0.4) is 0 Å². The van der Waals surface area contributed by atoms with Gasteiger partial charge >= 0.3 is 0 Å². The summed E-state index contributed by atoms with van der Waals surface area (Å²) in [5, 5.41) is 12.4. The SMILES string of the molecule is Cn1ncc2c(=O)n(CC(N)C(C)(C)C)nnc21. The monoisotopic (exact) mass is 250 g/mol. The average Bonchev–Trinajstić information content (AvgIpc) is 2.64. The maximum Gasteiger partial charge on any atom is 0.280 e. The molecule has 0 aliphatic carbocycles. The summed E-state index contributed by atoms with van der Waals surface area (Å²) in [6.45, 7) is 6.43. The smallest absolute Gasteiger partial charge is 0.280 e. The van der Waals surface area contributed by atoms with Crippen molar-refractivity contribution in [2.24, 2.45) is 18.2 Å². The van der Waals surface area contributed by atoms with Crippen LogP contribution in [0.4, 0.5) is 0 Å². The zero-order valence-corrected chi connectivity index (χ0v) is 11.1. The third-order valence-corrected chi connectivity index (χ3v) is 3.10. The fourth-order valence-electron chi connectivity index (χ4n) is 1.56. The third-order valence-electron chi connectivity index (χ3n) is 3.10. The molecule has 98 valence electrons. The van der Waals surface area contributed by atoms with Crippen LogP contribution in [-0.2, 0) is 13.6 Å². The predicted octanol–water partition coefficient (Wildman–Crippen LogP) is -0.102. The van der Waals surface area contributed by atoms with E-state index < -0.39 is 0 Å². The fourth-order valence-corrected chi connectivity index (χ4v) is 1.56. The largest absolute Gasteiger partial charge is 0.326 e. The lowest BCUT2D eigenvalue weighted by molar-refractivity contribution is 0.277. The molecule has 2 heterocycles. The van der Waals surface area contributed by atoms with Crippen LogP contribution in [0.5, 0.6) is 0 Å². The van der Waals surface area contributed by atoms with Gasteiger partial charge < -0.3 is 5.73 Å². The van der Waals surface area contributed by atoms with Crippen LogP contribution < -0.4 is 11.3 Å². The number of nitrogens with zero attached hydrogens (tertiary/aromatic N) is 5. The van der Waals surface area contributed by atoms with Crippen LogP contribution >= 0.6 is 0 Å². The van der Waals surface area contributed by atoms with Gasteiger partial charge in [0.2, 0.25) is 0 Å². The van der Waals surface area contributed by atoms with Crippen LogP contribution in [0.15, 0.2) is 11.0 Å². The molecule has 0 radical (unpaired) electrons. The number of hydrogen-bond donors (Lipinski definition) is 1. The van der Waals surface area contributed by atoms with Gasteiger partial charge in [0.05, 0.1) is 12.7 Å². The highest BCUT2D eigenvalue weighted by Gasteiger charge is 2.22. The molecule has 0 saturated carbocycles. The van der Waals surface area contributed by atoms with Gasteiger partial charge in [-0.05, 0) is 5.41 Å². The van der Waals surface area contributed by atoms with E-state index in [2.05, 4.69) is 15.4 Å². The first-order chi connectivity index (χ1) is 8.30. The molecule has 0 saturated heterocycles. The lowest BCUT2D eigenvalue weighted by atomic mass is 9.87. The molecule has 7 nitrogen and oxygen atoms in total. The summed E-state index contributed by atoms with van der Waals surface area (Å²) < 4.78 is 2.83. The minimum absolute atomic E-state index is 0.0922. The van der Waals surface area contributed by atoms with E-state index in [4.69, 9.17) is 5.73 Å². The molecule has 1 unspecified atom stereocenters. The number of hydrogen-bond acceptors (Lipinski definition) is 5. The molecule has 0 bridgehead atoms. The maximum atomic E-state index is 12.2. The highest BCUT2D eigenvalue weighted by atomic mass is 16.1. The van der Waals surface area contributed by atoms with Gasteiger partial charge in [0.1, 0.15) is 5.39 Å². The van der Waals surface area contributed by atoms with Crippen molar-refractivity contribution in [2.75, 3.05) is 0 Å². The number of nitrogens with two attached hydrogens (primary N) is 1. The third kappa shape index (κ3) is 2.13. The van der Waals surface area contributed by atoms with E-state index in [0.29, 0.717) is 17.6 Å². The maximum absolute atomic E-state index is 12.2. The molecule has 0 aliphatic rings. The second-order valence-corrected chi connectivity index (χ2v) is 5.55. The molecule has 7 heteroatoms. The van der Waals surface area contributed by atoms with Crippen molar-refractivity contribution < 1.29 is 0 Å². The molecule has 2 aromatic heterocycles. The van der Waals surface area contributed by atoms with Crippen molar-refractivity contribution in [1.82, 2.24) is 24.8 Å². The van der Waals surface area contributed by atoms with E-state index in [-0.39, 0.29) is 17.0 Å². The van der Waals surface area contributed by atoms with Crippen molar-refractivity contribution in [2.45, 2.75) is 33.4 Å². The molecule has 18 heavy (non-hydrogen) atoms. The lowest BCUT2D eigenvalue weighted by Crippen LogP contribution is -2.42. The molecule has 2 N–H and O–H groups in total. The summed E-state index contributed by atoms with van der Waals surface area (Å²) >= 11 is 0. The van der Waals surface area contributed by atoms with E-state index in [0.717, 1.165) is 0 Å². The van der Waals surface area contributed by atoms with Crippen molar-refractivity contribution >= 4 is 11.0 Å². The van der Waals surface area contributed by atoms with E-state index in [1.807, 2.05) is 20.8 Å². The van der Waals surface area contributed by atoms with Gasteiger partial charge in [0.15, 0.2) is 5.65 Å². The standard InChI is InChI=1S/C11H18N6O/c1-11(2,3)8(12)6-17-10(18)7-5-13-16(4)9(7)14-15-17/h5,8H,6,12H2,1-4H3. The molecule has 0 amide bonds. The second-order valence-electron chi connectivity index (χ2n) is 5.55. The molecule has 2 aromatic rings. The summed E-state index contributed by atoms with van der Waals surface area (Å²) in [6.07, 6.45) is 1.51. The molecular weight excluding hydrogens is 232 g/mol. The van der Waals surface area contributed by atoms with Gasteiger partial charge in [-0.1, -0.05) is 26.0 Å². The Bertz CT molecular complexity index is 620. The Morgan fingerprint density at radius 2 is 2.11 bits per heavy atom. The summed E-state index contributed by atoms with van der Waals surface area (Å²) in [5.74, 6) is 0. The summed E-state index contributed by atoms with van der Waals surface area (Å²) in [4.78, 5) is 12.2. The van der Waals surface area contributed by atoms with Crippen LogP contribution in [-0.4, -0.2) is 30.8 Å². The van der Waals surface area contributed by atoms with Crippen molar-refractivity contribution in [3.05, 3.63) is 16.6 Å². The van der Waals surface area contributed by atoms with Gasteiger partial charge in [-0.15, -0.1) is 5.10 Å².